The molecule has 1 aromatic carbocycles. The molecule has 0 N–H and O–H groups in total. The molecule has 0 amide bonds. The Labute approximate surface area is 74.6 Å². The van der Waals surface area contributed by atoms with Crippen LogP contribution in [0.15, 0.2) is 18.2 Å². The molecule has 63 valence electrons. The zero-order valence-electron chi connectivity index (χ0n) is 8.02. The van der Waals surface area contributed by atoms with Gasteiger partial charge in [0.05, 0.1) is 0 Å². The Kier molecular flexibility index (Phi) is 1.54. The zero-order chi connectivity index (χ0) is 8.77. The number of benzene rings is 1. The highest BCUT2D eigenvalue weighted by molar-refractivity contribution is 5.40. The van der Waals surface area contributed by atoms with Crippen LogP contribution in [0.4, 0.5) is 0 Å². The highest BCUT2D eigenvalue weighted by atomic mass is 14.4. The minimum Gasteiger partial charge on any atom is -0.0613 e. The highest BCUT2D eigenvalue weighted by Gasteiger charge is 2.33. The van der Waals surface area contributed by atoms with Crippen LogP contribution >= 0.6 is 0 Å². The minimum absolute atomic E-state index is 0.368. The molecule has 0 bridgehead atoms. The van der Waals surface area contributed by atoms with E-state index in [9.17, 15) is 0 Å². The molecule has 12 heavy (non-hydrogen) atoms. The van der Waals surface area contributed by atoms with Gasteiger partial charge in [0.15, 0.2) is 0 Å². The first kappa shape index (κ1) is 7.85. The van der Waals surface area contributed by atoms with Crippen molar-refractivity contribution in [3.05, 3.63) is 35.4 Å². The topological polar surface area (TPSA) is 0 Å². The molecule has 1 atom stereocenters. The molecule has 2 rings (SSSR count). The molecule has 1 aliphatic rings. The molecule has 0 aromatic heterocycles. The SMILES string of the molecule is CC1CC(C)(C)c2ccc[c]c21. The van der Waals surface area contributed by atoms with Gasteiger partial charge in [0.1, 0.15) is 0 Å². The van der Waals surface area contributed by atoms with Crippen LogP contribution in [0, 0.1) is 6.07 Å². The summed E-state index contributed by atoms with van der Waals surface area (Å²) in [5.74, 6) is 0.691. The fourth-order valence-electron chi connectivity index (χ4n) is 2.43. The van der Waals surface area contributed by atoms with Crippen LogP contribution in [0.3, 0.4) is 0 Å². The standard InChI is InChI=1S/C12H15/c1-9-8-12(2,3)11-7-5-4-6-10(9)11/h4-5,7,9H,8H2,1-3H3. The summed E-state index contributed by atoms with van der Waals surface area (Å²) >= 11 is 0. The molecule has 0 fully saturated rings. The quantitative estimate of drug-likeness (QED) is 0.545. The first-order chi connectivity index (χ1) is 5.61. The maximum atomic E-state index is 3.35. The Morgan fingerprint density at radius 3 is 2.92 bits per heavy atom. The largest absolute Gasteiger partial charge is 0.0613 e. The molecule has 0 heteroatoms. The molecule has 0 aliphatic heterocycles. The van der Waals surface area contributed by atoms with E-state index in [0.717, 1.165) is 0 Å². The van der Waals surface area contributed by atoms with E-state index in [1.54, 1.807) is 0 Å². The second kappa shape index (κ2) is 2.35. The second-order valence-electron chi connectivity index (χ2n) is 4.49. The summed E-state index contributed by atoms with van der Waals surface area (Å²) in [7, 11) is 0. The molecule has 0 nitrogen and oxygen atoms in total. The minimum atomic E-state index is 0.368. The summed E-state index contributed by atoms with van der Waals surface area (Å²) in [4.78, 5) is 0. The van der Waals surface area contributed by atoms with E-state index in [2.05, 4.69) is 39.0 Å². The summed E-state index contributed by atoms with van der Waals surface area (Å²) in [6.45, 7) is 6.94. The molecule has 0 spiro atoms. The predicted octanol–water partition coefficient (Wildman–Crippen LogP) is 3.27. The van der Waals surface area contributed by atoms with Crippen molar-refractivity contribution in [2.75, 3.05) is 0 Å². The first-order valence-electron chi connectivity index (χ1n) is 4.62. The van der Waals surface area contributed by atoms with E-state index in [-0.39, 0.29) is 0 Å². The van der Waals surface area contributed by atoms with Gasteiger partial charge < -0.3 is 0 Å². The van der Waals surface area contributed by atoms with Gasteiger partial charge in [-0.15, -0.1) is 0 Å². The van der Waals surface area contributed by atoms with Crippen molar-refractivity contribution in [3.63, 3.8) is 0 Å². The van der Waals surface area contributed by atoms with Crippen LogP contribution < -0.4 is 0 Å². The second-order valence-corrected chi connectivity index (χ2v) is 4.49. The third-order valence-electron chi connectivity index (χ3n) is 2.93. The van der Waals surface area contributed by atoms with E-state index in [1.165, 1.54) is 17.5 Å². The smallest absolute Gasteiger partial charge is 0.00948 e. The fraction of sp³-hybridized carbons (Fsp3) is 0.500. The summed E-state index contributed by atoms with van der Waals surface area (Å²) in [5.41, 5.74) is 3.30. The molecule has 0 saturated heterocycles. The Hall–Kier alpha value is -0.780. The Morgan fingerprint density at radius 2 is 2.25 bits per heavy atom. The first-order valence-corrected chi connectivity index (χ1v) is 4.62. The number of rotatable bonds is 0. The van der Waals surface area contributed by atoms with Gasteiger partial charge in [0.2, 0.25) is 0 Å². The van der Waals surface area contributed by atoms with Crippen LogP contribution in [-0.4, -0.2) is 0 Å². The molecular weight excluding hydrogens is 144 g/mol. The van der Waals surface area contributed by atoms with Crippen molar-refractivity contribution >= 4 is 0 Å². The summed E-state index contributed by atoms with van der Waals surface area (Å²) in [6.07, 6.45) is 1.27. The van der Waals surface area contributed by atoms with Gasteiger partial charge in [-0.3, -0.25) is 0 Å². The van der Waals surface area contributed by atoms with Crippen molar-refractivity contribution in [2.45, 2.75) is 38.5 Å². The van der Waals surface area contributed by atoms with E-state index in [1.807, 2.05) is 6.07 Å². The lowest BCUT2D eigenvalue weighted by Crippen LogP contribution is -2.11. The zero-order valence-corrected chi connectivity index (χ0v) is 8.02. The number of hydrogen-bond donors (Lipinski definition) is 0. The Morgan fingerprint density at radius 1 is 1.50 bits per heavy atom. The van der Waals surface area contributed by atoms with Crippen molar-refractivity contribution < 1.29 is 0 Å². The van der Waals surface area contributed by atoms with Crippen LogP contribution in [-0.2, 0) is 5.41 Å². The monoisotopic (exact) mass is 159 g/mol. The lowest BCUT2D eigenvalue weighted by atomic mass is 9.86. The van der Waals surface area contributed by atoms with Gasteiger partial charge >= 0.3 is 0 Å². The van der Waals surface area contributed by atoms with E-state index < -0.39 is 0 Å². The Balaban J connectivity index is 2.58. The van der Waals surface area contributed by atoms with Crippen molar-refractivity contribution in [2.24, 2.45) is 0 Å². The van der Waals surface area contributed by atoms with Gasteiger partial charge in [-0.2, -0.15) is 0 Å². The van der Waals surface area contributed by atoms with E-state index in [0.29, 0.717) is 11.3 Å². The van der Waals surface area contributed by atoms with Crippen molar-refractivity contribution in [3.8, 4) is 0 Å². The average Bonchev–Trinajstić information content (AvgIpc) is 2.25. The summed E-state index contributed by atoms with van der Waals surface area (Å²) in [6, 6.07) is 9.72. The molecule has 1 aromatic rings. The number of fused-ring (bicyclic) bond motifs is 1. The van der Waals surface area contributed by atoms with E-state index in [4.69, 9.17) is 0 Å². The highest BCUT2D eigenvalue weighted by Crippen LogP contribution is 2.44. The Bertz CT molecular complexity index is 297. The normalized spacial score (nSPS) is 25.4. The lowest BCUT2D eigenvalue weighted by Gasteiger charge is -2.18. The van der Waals surface area contributed by atoms with Gasteiger partial charge in [-0.1, -0.05) is 39.0 Å². The van der Waals surface area contributed by atoms with Crippen LogP contribution in [0.25, 0.3) is 0 Å². The molecule has 1 radical (unpaired) electrons. The van der Waals surface area contributed by atoms with Gasteiger partial charge in [-0.05, 0) is 34.9 Å². The molecule has 1 aliphatic carbocycles. The fourth-order valence-corrected chi connectivity index (χ4v) is 2.43. The average molecular weight is 159 g/mol. The lowest BCUT2D eigenvalue weighted by molar-refractivity contribution is 0.489. The van der Waals surface area contributed by atoms with Crippen LogP contribution in [0.2, 0.25) is 0 Å². The molecular formula is C12H15. The molecule has 1 unspecified atom stereocenters. The van der Waals surface area contributed by atoms with Gasteiger partial charge in [0.25, 0.3) is 0 Å². The summed E-state index contributed by atoms with van der Waals surface area (Å²) in [5, 5.41) is 0. The maximum Gasteiger partial charge on any atom is -0.00948 e. The third kappa shape index (κ3) is 0.979. The van der Waals surface area contributed by atoms with Crippen molar-refractivity contribution in [1.82, 2.24) is 0 Å². The molecule has 0 saturated carbocycles. The molecule has 0 heterocycles. The van der Waals surface area contributed by atoms with Crippen LogP contribution in [0.1, 0.15) is 44.2 Å². The van der Waals surface area contributed by atoms with Crippen LogP contribution in [0.5, 0.6) is 0 Å². The maximum absolute atomic E-state index is 3.35. The summed E-state index contributed by atoms with van der Waals surface area (Å²) < 4.78 is 0. The third-order valence-corrected chi connectivity index (χ3v) is 2.93. The number of hydrogen-bond acceptors (Lipinski definition) is 0. The van der Waals surface area contributed by atoms with Gasteiger partial charge in [0, 0.05) is 0 Å². The van der Waals surface area contributed by atoms with Crippen molar-refractivity contribution in [1.29, 1.82) is 0 Å². The van der Waals surface area contributed by atoms with Gasteiger partial charge in [-0.25, -0.2) is 0 Å². The predicted molar refractivity (Wildman–Crippen MR) is 51.3 cm³/mol. The van der Waals surface area contributed by atoms with E-state index >= 15 is 0 Å².